The molecule has 0 spiro atoms. The van der Waals surface area contributed by atoms with E-state index in [1.165, 1.54) is 12.8 Å². The molecule has 6 heavy (non-hydrogen) atoms. The van der Waals surface area contributed by atoms with Crippen molar-refractivity contribution in [2.45, 2.75) is 18.9 Å². The van der Waals surface area contributed by atoms with Gasteiger partial charge in [-0.15, -0.1) is 0 Å². The van der Waals surface area contributed by atoms with Gasteiger partial charge in [0.1, 0.15) is 0 Å². The standard InChI is InChI=1S/C5H8O/c1-2-5-4(1)3-6-5/h4-5H,1-3H2/t4-,5?/m0/s1. The van der Waals surface area contributed by atoms with Crippen LogP contribution in [0.3, 0.4) is 0 Å². The van der Waals surface area contributed by atoms with Crippen molar-refractivity contribution in [2.24, 2.45) is 5.92 Å². The molecule has 1 saturated carbocycles. The topological polar surface area (TPSA) is 9.23 Å². The molecule has 0 amide bonds. The van der Waals surface area contributed by atoms with Crippen LogP contribution in [-0.4, -0.2) is 12.7 Å². The zero-order chi connectivity index (χ0) is 3.98. The highest BCUT2D eigenvalue weighted by Crippen LogP contribution is 2.38. The fraction of sp³-hybridized carbons (Fsp3) is 1.00. The highest BCUT2D eigenvalue weighted by Gasteiger charge is 2.39. The summed E-state index contributed by atoms with van der Waals surface area (Å²) in [5.74, 6) is 0.991. The van der Waals surface area contributed by atoms with E-state index in [4.69, 9.17) is 4.74 Å². The maximum atomic E-state index is 5.13. The van der Waals surface area contributed by atoms with E-state index in [1.807, 2.05) is 0 Å². The van der Waals surface area contributed by atoms with Crippen LogP contribution in [0, 0.1) is 5.92 Å². The molecule has 0 aromatic heterocycles. The van der Waals surface area contributed by atoms with Crippen molar-refractivity contribution in [3.63, 3.8) is 0 Å². The molecule has 2 rings (SSSR count). The molecule has 34 valence electrons. The van der Waals surface area contributed by atoms with Crippen molar-refractivity contribution in [3.8, 4) is 0 Å². The molecule has 1 heterocycles. The lowest BCUT2D eigenvalue weighted by Gasteiger charge is -2.45. The van der Waals surface area contributed by atoms with E-state index in [0.29, 0.717) is 6.10 Å². The number of hydrogen-bond acceptors (Lipinski definition) is 1. The van der Waals surface area contributed by atoms with Crippen LogP contribution in [-0.2, 0) is 4.74 Å². The van der Waals surface area contributed by atoms with Crippen LogP contribution in [0.25, 0.3) is 0 Å². The Morgan fingerprint density at radius 1 is 1.33 bits per heavy atom. The Hall–Kier alpha value is -0.0400. The van der Waals surface area contributed by atoms with Crippen LogP contribution in [0.5, 0.6) is 0 Å². The van der Waals surface area contributed by atoms with Gasteiger partial charge >= 0.3 is 0 Å². The summed E-state index contributed by atoms with van der Waals surface area (Å²) in [6.45, 7) is 1.06. The number of hydrogen-bond donors (Lipinski definition) is 0. The largest absolute Gasteiger partial charge is 0.377 e. The van der Waals surface area contributed by atoms with Gasteiger partial charge in [-0.2, -0.15) is 0 Å². The summed E-state index contributed by atoms with van der Waals surface area (Å²) < 4.78 is 5.13. The molecule has 1 aliphatic carbocycles. The van der Waals surface area contributed by atoms with E-state index in [-0.39, 0.29) is 0 Å². The zero-order valence-electron chi connectivity index (χ0n) is 3.68. The summed E-state index contributed by atoms with van der Waals surface area (Å²) in [6, 6.07) is 0. The van der Waals surface area contributed by atoms with Gasteiger partial charge in [0.05, 0.1) is 12.7 Å². The van der Waals surface area contributed by atoms with Crippen LogP contribution in [0.15, 0.2) is 0 Å². The highest BCUT2D eigenvalue weighted by atomic mass is 16.5. The Bertz CT molecular complexity index is 52.3. The van der Waals surface area contributed by atoms with Gasteiger partial charge in [-0.25, -0.2) is 0 Å². The average Bonchev–Trinajstić information content (AvgIpc) is 1.54. The Labute approximate surface area is 37.3 Å². The summed E-state index contributed by atoms with van der Waals surface area (Å²) in [5, 5.41) is 0. The number of fused-ring (bicyclic) bond motifs is 1. The molecular formula is C5H8O. The van der Waals surface area contributed by atoms with Crippen LogP contribution >= 0.6 is 0 Å². The monoisotopic (exact) mass is 84.1 g/mol. The van der Waals surface area contributed by atoms with E-state index in [1.54, 1.807) is 0 Å². The van der Waals surface area contributed by atoms with Crippen molar-refractivity contribution in [1.82, 2.24) is 0 Å². The van der Waals surface area contributed by atoms with E-state index >= 15 is 0 Å². The molecule has 1 unspecified atom stereocenters. The van der Waals surface area contributed by atoms with Gasteiger partial charge in [0.15, 0.2) is 0 Å². The molecule has 2 fully saturated rings. The molecule has 0 N–H and O–H groups in total. The first-order valence-corrected chi connectivity index (χ1v) is 2.58. The van der Waals surface area contributed by atoms with Gasteiger partial charge in [-0.1, -0.05) is 0 Å². The van der Waals surface area contributed by atoms with Gasteiger partial charge in [0.25, 0.3) is 0 Å². The molecule has 2 aliphatic rings. The fourth-order valence-corrected chi connectivity index (χ4v) is 1.07. The van der Waals surface area contributed by atoms with E-state index < -0.39 is 0 Å². The summed E-state index contributed by atoms with van der Waals surface area (Å²) in [7, 11) is 0. The predicted molar refractivity (Wildman–Crippen MR) is 22.5 cm³/mol. The average molecular weight is 84.1 g/mol. The third-order valence-corrected chi connectivity index (χ3v) is 1.87. The van der Waals surface area contributed by atoms with E-state index in [2.05, 4.69) is 0 Å². The molecule has 0 bridgehead atoms. The Morgan fingerprint density at radius 2 is 2.17 bits per heavy atom. The normalized spacial score (nSPS) is 52.0. The first-order chi connectivity index (χ1) is 2.97. The van der Waals surface area contributed by atoms with Crippen molar-refractivity contribution in [2.75, 3.05) is 6.61 Å². The van der Waals surface area contributed by atoms with Gasteiger partial charge in [0.2, 0.25) is 0 Å². The summed E-state index contributed by atoms with van der Waals surface area (Å²) in [5.41, 5.74) is 0. The second-order valence-corrected chi connectivity index (χ2v) is 2.21. The lowest BCUT2D eigenvalue weighted by molar-refractivity contribution is -0.173. The van der Waals surface area contributed by atoms with Crippen LogP contribution < -0.4 is 0 Å². The lowest BCUT2D eigenvalue weighted by atomic mass is 9.78. The van der Waals surface area contributed by atoms with Gasteiger partial charge in [-0.3, -0.25) is 0 Å². The lowest BCUT2D eigenvalue weighted by Crippen LogP contribution is -2.47. The van der Waals surface area contributed by atoms with Crippen molar-refractivity contribution in [1.29, 1.82) is 0 Å². The molecule has 0 aromatic rings. The molecule has 1 aliphatic heterocycles. The first-order valence-electron chi connectivity index (χ1n) is 2.58. The Morgan fingerprint density at radius 3 is 2.17 bits per heavy atom. The molecule has 0 radical (unpaired) electrons. The van der Waals surface area contributed by atoms with E-state index in [0.717, 1.165) is 12.5 Å². The van der Waals surface area contributed by atoms with Gasteiger partial charge in [-0.05, 0) is 12.8 Å². The smallest absolute Gasteiger partial charge is 0.0625 e. The van der Waals surface area contributed by atoms with Crippen molar-refractivity contribution in [3.05, 3.63) is 0 Å². The van der Waals surface area contributed by atoms with Gasteiger partial charge in [0, 0.05) is 5.92 Å². The minimum absolute atomic E-state index is 0.713. The number of rotatable bonds is 0. The van der Waals surface area contributed by atoms with Crippen LogP contribution in [0.4, 0.5) is 0 Å². The summed E-state index contributed by atoms with van der Waals surface area (Å²) in [6.07, 6.45) is 3.49. The first kappa shape index (κ1) is 3.03. The van der Waals surface area contributed by atoms with Crippen molar-refractivity contribution >= 4 is 0 Å². The fourth-order valence-electron chi connectivity index (χ4n) is 1.07. The minimum atomic E-state index is 0.713. The van der Waals surface area contributed by atoms with Crippen LogP contribution in [0.1, 0.15) is 12.8 Å². The number of ether oxygens (including phenoxy) is 1. The predicted octanol–water partition coefficient (Wildman–Crippen LogP) is 0.795. The molecule has 2 atom stereocenters. The maximum absolute atomic E-state index is 5.13. The SMILES string of the molecule is C1C[C@H]2COC12. The minimum Gasteiger partial charge on any atom is -0.377 e. The van der Waals surface area contributed by atoms with E-state index in [9.17, 15) is 0 Å². The molecular weight excluding hydrogens is 76.1 g/mol. The Balaban J connectivity index is 2.03. The summed E-state index contributed by atoms with van der Waals surface area (Å²) in [4.78, 5) is 0. The highest BCUT2D eigenvalue weighted by molar-refractivity contribution is 4.88. The molecule has 0 aromatic carbocycles. The summed E-state index contributed by atoms with van der Waals surface area (Å²) >= 11 is 0. The molecule has 1 heteroatoms. The second-order valence-electron chi connectivity index (χ2n) is 2.21. The second kappa shape index (κ2) is 0.784. The van der Waals surface area contributed by atoms with Crippen molar-refractivity contribution < 1.29 is 4.74 Å². The quantitative estimate of drug-likeness (QED) is 0.421. The zero-order valence-corrected chi connectivity index (χ0v) is 3.68. The van der Waals surface area contributed by atoms with Crippen LogP contribution in [0.2, 0.25) is 0 Å². The molecule has 1 saturated heterocycles. The Kier molecular flexibility index (Phi) is 0.396. The third kappa shape index (κ3) is 0.178. The third-order valence-electron chi connectivity index (χ3n) is 1.87. The molecule has 1 nitrogen and oxygen atoms in total. The maximum Gasteiger partial charge on any atom is 0.0625 e. The van der Waals surface area contributed by atoms with Gasteiger partial charge < -0.3 is 4.74 Å².